The van der Waals surface area contributed by atoms with Crippen molar-refractivity contribution in [3.63, 3.8) is 0 Å². The quantitative estimate of drug-likeness (QED) is 0.501. The van der Waals surface area contributed by atoms with Crippen LogP contribution < -0.4 is 15.7 Å². The average Bonchev–Trinajstić information content (AvgIpc) is 3.07. The second kappa shape index (κ2) is 9.37. The van der Waals surface area contributed by atoms with Crippen LogP contribution in [0.2, 0.25) is 0 Å². The molecule has 7 nitrogen and oxygen atoms in total. The zero-order chi connectivity index (χ0) is 25.5. The summed E-state index contributed by atoms with van der Waals surface area (Å²) >= 11 is 0. The lowest BCUT2D eigenvalue weighted by Gasteiger charge is -2.34. The fourth-order valence-electron chi connectivity index (χ4n) is 4.47. The highest BCUT2D eigenvalue weighted by Gasteiger charge is 2.46. The van der Waals surface area contributed by atoms with Crippen LogP contribution in [0.1, 0.15) is 49.5 Å². The van der Waals surface area contributed by atoms with Crippen molar-refractivity contribution in [3.8, 4) is 11.4 Å². The average molecular weight is 495 g/mol. The molecule has 35 heavy (non-hydrogen) atoms. The molecular weight excluding hydrogens is 470 g/mol. The van der Waals surface area contributed by atoms with Crippen LogP contribution in [0.5, 0.6) is 5.75 Å². The molecule has 2 N–H and O–H groups in total. The Hall–Kier alpha value is -3.34. The van der Waals surface area contributed by atoms with Gasteiger partial charge in [0.05, 0.1) is 22.8 Å². The summed E-state index contributed by atoms with van der Waals surface area (Å²) in [6, 6.07) is 8.70. The van der Waals surface area contributed by atoms with Crippen LogP contribution in [0.4, 0.5) is 17.6 Å². The predicted molar refractivity (Wildman–Crippen MR) is 121 cm³/mol. The van der Waals surface area contributed by atoms with Gasteiger partial charge in [0.15, 0.2) is 0 Å². The Morgan fingerprint density at radius 1 is 1.17 bits per heavy atom. The van der Waals surface area contributed by atoms with Gasteiger partial charge in [0.25, 0.3) is 11.8 Å². The van der Waals surface area contributed by atoms with Crippen molar-refractivity contribution in [3.05, 3.63) is 58.5 Å². The maximum Gasteiger partial charge on any atom is 0.387 e. The number of ether oxygens (including phenoxy) is 1. The zero-order valence-corrected chi connectivity index (χ0v) is 19.1. The first-order valence-electron chi connectivity index (χ1n) is 11.2. The number of amides is 1. The first kappa shape index (κ1) is 24.8. The van der Waals surface area contributed by atoms with Crippen molar-refractivity contribution >= 4 is 16.9 Å². The van der Waals surface area contributed by atoms with Crippen LogP contribution in [0.15, 0.2) is 47.3 Å². The summed E-state index contributed by atoms with van der Waals surface area (Å²) in [7, 11) is 0. The summed E-state index contributed by atoms with van der Waals surface area (Å²) < 4.78 is 60.3. The number of rotatable bonds is 6. The third-order valence-corrected chi connectivity index (χ3v) is 6.11. The van der Waals surface area contributed by atoms with Crippen LogP contribution >= 0.6 is 0 Å². The topological polar surface area (TPSA) is 85.5 Å². The van der Waals surface area contributed by atoms with Crippen LogP contribution in [-0.4, -0.2) is 44.8 Å². The molecule has 1 aromatic heterocycles. The molecule has 0 radical (unpaired) electrons. The number of aliphatic hydroxyl groups excluding tert-OH is 1. The summed E-state index contributed by atoms with van der Waals surface area (Å²) in [5.41, 5.74) is 0.775. The largest absolute Gasteiger partial charge is 0.435 e. The van der Waals surface area contributed by atoms with Crippen molar-refractivity contribution in [1.82, 2.24) is 14.5 Å². The summed E-state index contributed by atoms with van der Waals surface area (Å²) in [6.45, 7) is 0.520. The summed E-state index contributed by atoms with van der Waals surface area (Å²) in [5.74, 6) is -4.05. The molecule has 4 rings (SSSR count). The lowest BCUT2D eigenvalue weighted by atomic mass is 9.89. The van der Waals surface area contributed by atoms with Gasteiger partial charge in [-0.05, 0) is 57.0 Å². The van der Waals surface area contributed by atoms with Crippen molar-refractivity contribution in [2.24, 2.45) is 0 Å². The van der Waals surface area contributed by atoms with Gasteiger partial charge in [-0.2, -0.15) is 8.78 Å². The first-order chi connectivity index (χ1) is 16.5. The Balaban J connectivity index is 1.74. The molecule has 1 amide bonds. The minimum Gasteiger partial charge on any atom is -0.435 e. The van der Waals surface area contributed by atoms with Crippen LogP contribution in [-0.2, 0) is 0 Å². The van der Waals surface area contributed by atoms with E-state index in [0.717, 1.165) is 0 Å². The normalized spacial score (nSPS) is 19.9. The molecule has 1 saturated carbocycles. The molecule has 1 fully saturated rings. The number of aromatic nitrogens is 2. The Morgan fingerprint density at radius 3 is 2.60 bits per heavy atom. The molecule has 0 bridgehead atoms. The highest BCUT2D eigenvalue weighted by molar-refractivity contribution is 5.98. The number of imidazole rings is 1. The summed E-state index contributed by atoms with van der Waals surface area (Å²) in [5, 5.41) is 12.4. The molecule has 11 heteroatoms. The summed E-state index contributed by atoms with van der Waals surface area (Å²) in [6.07, 6.45) is -2.04. The van der Waals surface area contributed by atoms with E-state index < -0.39 is 42.7 Å². The van der Waals surface area contributed by atoms with Crippen LogP contribution in [0, 0.1) is 0 Å². The van der Waals surface area contributed by atoms with E-state index >= 15 is 0 Å². The molecule has 0 unspecified atom stereocenters. The molecule has 1 heterocycles. The molecule has 188 valence electrons. The van der Waals surface area contributed by atoms with Crippen molar-refractivity contribution in [2.45, 2.75) is 63.8 Å². The van der Waals surface area contributed by atoms with Gasteiger partial charge in [-0.15, -0.1) is 0 Å². The fourth-order valence-corrected chi connectivity index (χ4v) is 4.47. The number of carbonyl (C=O) groups excluding carboxylic acids is 1. The Kier molecular flexibility index (Phi) is 6.63. The van der Waals surface area contributed by atoms with E-state index in [1.807, 2.05) is 0 Å². The van der Waals surface area contributed by atoms with E-state index in [4.69, 9.17) is 0 Å². The molecule has 2 aromatic carbocycles. The number of carbonyl (C=O) groups is 1. The molecule has 1 aliphatic rings. The van der Waals surface area contributed by atoms with E-state index in [1.165, 1.54) is 45.5 Å². The molecule has 0 aliphatic heterocycles. The maximum absolute atomic E-state index is 13.9. The maximum atomic E-state index is 13.9. The lowest BCUT2D eigenvalue weighted by Crippen LogP contribution is -2.54. The van der Waals surface area contributed by atoms with Gasteiger partial charge < -0.3 is 15.2 Å². The van der Waals surface area contributed by atoms with E-state index in [9.17, 15) is 32.3 Å². The Labute approximate surface area is 197 Å². The second-order valence-electron chi connectivity index (χ2n) is 8.84. The molecule has 0 spiro atoms. The zero-order valence-electron chi connectivity index (χ0n) is 19.1. The molecule has 1 aliphatic carbocycles. The second-order valence-corrected chi connectivity index (χ2v) is 8.84. The van der Waals surface area contributed by atoms with Gasteiger partial charge in [0, 0.05) is 24.1 Å². The number of nitrogens with one attached hydrogen (secondary N) is 1. The van der Waals surface area contributed by atoms with Gasteiger partial charge in [0.2, 0.25) is 0 Å². The number of aliphatic hydroxyl groups is 1. The minimum absolute atomic E-state index is 0.117. The van der Waals surface area contributed by atoms with Gasteiger partial charge in [-0.1, -0.05) is 6.07 Å². The fraction of sp³-hybridized carbons (Fsp3) is 0.417. The number of halogens is 4. The third kappa shape index (κ3) is 4.77. The number of hydrogen-bond donors (Lipinski definition) is 2. The molecular formula is C24H25F4N3O4. The van der Waals surface area contributed by atoms with E-state index in [2.05, 4.69) is 10.1 Å². The third-order valence-electron chi connectivity index (χ3n) is 6.11. The van der Waals surface area contributed by atoms with E-state index in [0.29, 0.717) is 16.7 Å². The number of nitrogens with zero attached hydrogens (tertiary/aromatic N) is 2. The lowest BCUT2D eigenvalue weighted by molar-refractivity contribution is -0.141. The number of fused-ring (bicyclic) bond motifs is 1. The van der Waals surface area contributed by atoms with E-state index in [1.54, 1.807) is 19.9 Å². The van der Waals surface area contributed by atoms with Crippen LogP contribution in [0.3, 0.4) is 0 Å². The highest BCUT2D eigenvalue weighted by Crippen LogP contribution is 2.34. The molecule has 0 saturated heterocycles. The number of hydrogen-bond acceptors (Lipinski definition) is 4. The molecule has 2 atom stereocenters. The molecule has 3 aromatic rings. The standard InChI is InChI=1S/C24H25F4N3O4/c1-13(2)30-19-11-14(21(33)29-17-7-4-10-24(27,28)20(17)32)8-9-18(19)31(23(30)34)15-5-3-6-16(12-15)35-22(25)26/h3,5-6,8-9,11-13,17,20,22,32H,4,7,10H2,1-2H3,(H,29,33)/t17-,20+/m0/s1. The first-order valence-corrected chi connectivity index (χ1v) is 11.2. The van der Waals surface area contributed by atoms with Gasteiger partial charge in [-0.25, -0.2) is 13.6 Å². The number of alkyl halides is 4. The smallest absolute Gasteiger partial charge is 0.387 e. The Bertz CT molecular complexity index is 1300. The summed E-state index contributed by atoms with van der Waals surface area (Å²) in [4.78, 5) is 26.2. The number of benzene rings is 2. The SMILES string of the molecule is CC(C)n1c(=O)n(-c2cccc(OC(F)F)c2)c2ccc(C(=O)N[C@H]3CCCC(F)(F)[C@@H]3O)cc21. The van der Waals surface area contributed by atoms with E-state index in [-0.39, 0.29) is 30.2 Å². The van der Waals surface area contributed by atoms with Crippen molar-refractivity contribution in [2.75, 3.05) is 0 Å². The van der Waals surface area contributed by atoms with Gasteiger partial charge >= 0.3 is 12.3 Å². The predicted octanol–water partition coefficient (Wildman–Crippen LogP) is 4.25. The minimum atomic E-state index is -3.28. The van der Waals surface area contributed by atoms with Crippen molar-refractivity contribution in [1.29, 1.82) is 0 Å². The van der Waals surface area contributed by atoms with Gasteiger partial charge in [-0.3, -0.25) is 13.9 Å². The van der Waals surface area contributed by atoms with Gasteiger partial charge in [0.1, 0.15) is 11.9 Å². The van der Waals surface area contributed by atoms with Crippen molar-refractivity contribution < 1.29 is 32.2 Å². The van der Waals surface area contributed by atoms with Crippen LogP contribution in [0.25, 0.3) is 16.7 Å². The monoisotopic (exact) mass is 495 g/mol. The Morgan fingerprint density at radius 2 is 1.91 bits per heavy atom. The highest BCUT2D eigenvalue weighted by atomic mass is 19.3.